The van der Waals surface area contributed by atoms with E-state index in [2.05, 4.69) is 14.9 Å². The number of aromatic amines is 2. The van der Waals surface area contributed by atoms with Crippen molar-refractivity contribution in [3.05, 3.63) is 34.2 Å². The van der Waals surface area contributed by atoms with E-state index in [9.17, 15) is 9.90 Å². The van der Waals surface area contributed by atoms with Crippen molar-refractivity contribution in [3.8, 4) is 0 Å². The normalized spacial score (nSPS) is 18.5. The molecule has 2 aromatic rings. The summed E-state index contributed by atoms with van der Waals surface area (Å²) in [4.78, 5) is 19.0. The first-order valence-corrected chi connectivity index (χ1v) is 6.35. The smallest absolute Gasteiger partial charge is 0.323 e. The van der Waals surface area contributed by atoms with E-state index < -0.39 is 0 Å². The topological polar surface area (TPSA) is 72.1 Å². The fourth-order valence-corrected chi connectivity index (χ4v) is 2.74. The van der Waals surface area contributed by atoms with Crippen LogP contribution in [0.2, 0.25) is 0 Å². The molecule has 1 aliphatic heterocycles. The molecule has 0 aliphatic carbocycles. The third-order valence-electron chi connectivity index (χ3n) is 3.68. The van der Waals surface area contributed by atoms with Crippen molar-refractivity contribution in [2.75, 3.05) is 19.7 Å². The highest BCUT2D eigenvalue weighted by Crippen LogP contribution is 2.26. The molecule has 5 heteroatoms. The van der Waals surface area contributed by atoms with Gasteiger partial charge in [0.05, 0.1) is 23.7 Å². The Hall–Kier alpha value is -1.59. The number of aliphatic hydroxyl groups is 1. The Morgan fingerprint density at radius 2 is 1.94 bits per heavy atom. The second-order valence-corrected chi connectivity index (χ2v) is 4.83. The van der Waals surface area contributed by atoms with Crippen molar-refractivity contribution in [1.29, 1.82) is 0 Å². The summed E-state index contributed by atoms with van der Waals surface area (Å²) in [5.41, 5.74) is 2.48. The number of imidazole rings is 1. The second-order valence-electron chi connectivity index (χ2n) is 4.83. The van der Waals surface area contributed by atoms with E-state index >= 15 is 0 Å². The number of aromatic nitrogens is 2. The molecule has 0 spiro atoms. The Morgan fingerprint density at radius 1 is 1.22 bits per heavy atom. The van der Waals surface area contributed by atoms with Crippen LogP contribution in [-0.4, -0.2) is 39.7 Å². The zero-order valence-corrected chi connectivity index (χ0v) is 10.1. The van der Waals surface area contributed by atoms with Gasteiger partial charge in [0.25, 0.3) is 0 Å². The van der Waals surface area contributed by atoms with Crippen molar-refractivity contribution in [1.82, 2.24) is 14.9 Å². The first kappa shape index (κ1) is 11.5. The van der Waals surface area contributed by atoms with Gasteiger partial charge in [0.2, 0.25) is 0 Å². The van der Waals surface area contributed by atoms with Gasteiger partial charge in [-0.3, -0.25) is 4.90 Å². The zero-order valence-electron chi connectivity index (χ0n) is 10.1. The van der Waals surface area contributed by atoms with Gasteiger partial charge in [0.1, 0.15) is 0 Å². The minimum atomic E-state index is -0.191. The molecule has 3 rings (SSSR count). The van der Waals surface area contributed by atoms with Crippen LogP contribution in [0.3, 0.4) is 0 Å². The van der Waals surface area contributed by atoms with Gasteiger partial charge in [-0.15, -0.1) is 0 Å². The molecule has 2 heterocycles. The molecular weight excluding hydrogens is 230 g/mol. The fourth-order valence-electron chi connectivity index (χ4n) is 2.74. The third-order valence-corrected chi connectivity index (χ3v) is 3.68. The third kappa shape index (κ3) is 1.95. The monoisotopic (exact) mass is 247 g/mol. The number of nitrogens with zero attached hydrogens (tertiary/aromatic N) is 1. The number of fused-ring (bicyclic) bond motifs is 1. The highest BCUT2D eigenvalue weighted by molar-refractivity contribution is 5.75. The molecule has 1 unspecified atom stereocenters. The standard InChI is InChI=1S/C13H17N3O2/c17-8-12(16-5-1-2-6-16)9-3-4-10-11(7-9)15-13(18)14-10/h3-4,7,12,17H,1-2,5-6,8H2,(H2,14,15,18). The Bertz CT molecular complexity index is 596. The predicted octanol–water partition coefficient (Wildman–Crippen LogP) is 0.985. The summed E-state index contributed by atoms with van der Waals surface area (Å²) in [6, 6.07) is 5.86. The Kier molecular flexibility index (Phi) is 2.93. The number of aliphatic hydroxyl groups excluding tert-OH is 1. The lowest BCUT2D eigenvalue weighted by Crippen LogP contribution is -2.28. The molecule has 0 bridgehead atoms. The van der Waals surface area contributed by atoms with Crippen molar-refractivity contribution in [2.24, 2.45) is 0 Å². The van der Waals surface area contributed by atoms with E-state index in [1.165, 1.54) is 12.8 Å². The predicted molar refractivity (Wildman–Crippen MR) is 69.6 cm³/mol. The van der Waals surface area contributed by atoms with Crippen LogP contribution in [0.4, 0.5) is 0 Å². The minimum Gasteiger partial charge on any atom is -0.394 e. The van der Waals surface area contributed by atoms with E-state index in [1.54, 1.807) is 0 Å². The van der Waals surface area contributed by atoms with Gasteiger partial charge < -0.3 is 15.1 Å². The van der Waals surface area contributed by atoms with E-state index in [4.69, 9.17) is 0 Å². The van der Waals surface area contributed by atoms with Crippen molar-refractivity contribution < 1.29 is 5.11 Å². The number of hydrogen-bond acceptors (Lipinski definition) is 3. The summed E-state index contributed by atoms with van der Waals surface area (Å²) in [5.74, 6) is 0. The van der Waals surface area contributed by atoms with Crippen LogP contribution in [0.1, 0.15) is 24.4 Å². The SMILES string of the molecule is O=c1[nH]c2ccc(C(CO)N3CCCC3)cc2[nH]1. The van der Waals surface area contributed by atoms with E-state index in [1.807, 2.05) is 18.2 Å². The summed E-state index contributed by atoms with van der Waals surface area (Å²) in [6.07, 6.45) is 2.39. The van der Waals surface area contributed by atoms with Crippen LogP contribution >= 0.6 is 0 Å². The van der Waals surface area contributed by atoms with Gasteiger partial charge in [-0.25, -0.2) is 4.79 Å². The number of rotatable bonds is 3. The van der Waals surface area contributed by atoms with E-state index in [-0.39, 0.29) is 18.3 Å². The van der Waals surface area contributed by atoms with Crippen molar-refractivity contribution in [3.63, 3.8) is 0 Å². The zero-order chi connectivity index (χ0) is 12.5. The number of H-pyrrole nitrogens is 2. The second kappa shape index (κ2) is 4.59. The van der Waals surface area contributed by atoms with E-state index in [0.717, 1.165) is 29.7 Å². The average Bonchev–Trinajstić information content (AvgIpc) is 2.97. The number of benzene rings is 1. The summed E-state index contributed by atoms with van der Waals surface area (Å²) in [7, 11) is 0. The molecular formula is C13H17N3O2. The lowest BCUT2D eigenvalue weighted by atomic mass is 10.1. The Labute approximate surface area is 104 Å². The summed E-state index contributed by atoms with van der Waals surface area (Å²) >= 11 is 0. The summed E-state index contributed by atoms with van der Waals surface area (Å²) in [5, 5.41) is 9.60. The fraction of sp³-hybridized carbons (Fsp3) is 0.462. The van der Waals surface area contributed by atoms with Crippen LogP contribution in [0.15, 0.2) is 23.0 Å². The molecule has 0 amide bonds. The Balaban J connectivity index is 1.98. The molecule has 0 radical (unpaired) electrons. The van der Waals surface area contributed by atoms with Crippen LogP contribution in [-0.2, 0) is 0 Å². The lowest BCUT2D eigenvalue weighted by Gasteiger charge is -2.26. The molecule has 5 nitrogen and oxygen atoms in total. The molecule has 1 saturated heterocycles. The van der Waals surface area contributed by atoms with Gasteiger partial charge in [-0.1, -0.05) is 6.07 Å². The molecule has 1 aliphatic rings. The van der Waals surface area contributed by atoms with Crippen molar-refractivity contribution in [2.45, 2.75) is 18.9 Å². The van der Waals surface area contributed by atoms with Gasteiger partial charge in [-0.2, -0.15) is 0 Å². The summed E-state index contributed by atoms with van der Waals surface area (Å²) in [6.45, 7) is 2.18. The summed E-state index contributed by atoms with van der Waals surface area (Å²) < 4.78 is 0. The quantitative estimate of drug-likeness (QED) is 0.757. The highest BCUT2D eigenvalue weighted by atomic mass is 16.3. The lowest BCUT2D eigenvalue weighted by molar-refractivity contribution is 0.147. The van der Waals surface area contributed by atoms with Crippen LogP contribution in [0.5, 0.6) is 0 Å². The van der Waals surface area contributed by atoms with E-state index in [0.29, 0.717) is 0 Å². The van der Waals surface area contributed by atoms with Crippen molar-refractivity contribution >= 4 is 11.0 Å². The number of hydrogen-bond donors (Lipinski definition) is 3. The van der Waals surface area contributed by atoms with Gasteiger partial charge >= 0.3 is 5.69 Å². The highest BCUT2D eigenvalue weighted by Gasteiger charge is 2.22. The number of nitrogens with one attached hydrogen (secondary N) is 2. The maximum absolute atomic E-state index is 11.2. The maximum Gasteiger partial charge on any atom is 0.323 e. The molecule has 1 atom stereocenters. The molecule has 96 valence electrons. The first-order valence-electron chi connectivity index (χ1n) is 6.35. The largest absolute Gasteiger partial charge is 0.394 e. The van der Waals surface area contributed by atoms with Gasteiger partial charge in [0, 0.05) is 0 Å². The first-order chi connectivity index (χ1) is 8.78. The Morgan fingerprint density at radius 3 is 2.67 bits per heavy atom. The average molecular weight is 247 g/mol. The molecule has 1 aromatic carbocycles. The molecule has 3 N–H and O–H groups in total. The minimum absolute atomic E-state index is 0.0373. The molecule has 1 fully saturated rings. The molecule has 18 heavy (non-hydrogen) atoms. The molecule has 0 saturated carbocycles. The van der Waals surface area contributed by atoms with Crippen LogP contribution in [0.25, 0.3) is 11.0 Å². The maximum atomic E-state index is 11.2. The van der Waals surface area contributed by atoms with Crippen LogP contribution < -0.4 is 5.69 Å². The van der Waals surface area contributed by atoms with Gasteiger partial charge in [0.15, 0.2) is 0 Å². The van der Waals surface area contributed by atoms with Gasteiger partial charge in [-0.05, 0) is 43.6 Å². The molecule has 1 aromatic heterocycles. The van der Waals surface area contributed by atoms with Crippen LogP contribution in [0, 0.1) is 0 Å². The number of likely N-dealkylation sites (tertiary alicyclic amines) is 1.